The second kappa shape index (κ2) is 9.78. The first kappa shape index (κ1) is 20.5. The van der Waals surface area contributed by atoms with Crippen LogP contribution in [0.5, 0.6) is 11.5 Å². The molecule has 1 unspecified atom stereocenters. The number of anilines is 1. The number of hydrogen-bond acceptors (Lipinski definition) is 3. The van der Waals surface area contributed by atoms with Crippen molar-refractivity contribution in [3.63, 3.8) is 0 Å². The number of ether oxygens (including phenoxy) is 2. The predicted molar refractivity (Wildman–Crippen MR) is 117 cm³/mol. The van der Waals surface area contributed by atoms with E-state index in [1.165, 1.54) is 0 Å². The van der Waals surface area contributed by atoms with Crippen molar-refractivity contribution in [2.75, 3.05) is 11.9 Å². The van der Waals surface area contributed by atoms with Gasteiger partial charge in [-0.2, -0.15) is 0 Å². The van der Waals surface area contributed by atoms with Crippen LogP contribution in [0.25, 0.3) is 11.1 Å². The quantitative estimate of drug-likeness (QED) is 0.530. The van der Waals surface area contributed by atoms with Crippen LogP contribution in [0.4, 0.5) is 5.69 Å². The Morgan fingerprint density at radius 3 is 2.21 bits per heavy atom. The third-order valence-electron chi connectivity index (χ3n) is 4.33. The molecule has 150 valence electrons. The van der Waals surface area contributed by atoms with Gasteiger partial charge in [-0.15, -0.1) is 0 Å². The van der Waals surface area contributed by atoms with Gasteiger partial charge in [-0.3, -0.25) is 4.79 Å². The summed E-state index contributed by atoms with van der Waals surface area (Å²) >= 11 is 0. The molecular formula is C25H27NO3. The molecule has 0 aromatic heterocycles. The van der Waals surface area contributed by atoms with Crippen LogP contribution >= 0.6 is 0 Å². The summed E-state index contributed by atoms with van der Waals surface area (Å²) in [6, 6.07) is 25.3. The lowest BCUT2D eigenvalue weighted by atomic mass is 10.1. The van der Waals surface area contributed by atoms with Gasteiger partial charge in [0.05, 0.1) is 6.61 Å². The number of carbonyl (C=O) groups excluding carboxylic acids is 1. The molecule has 1 N–H and O–H groups in total. The fourth-order valence-corrected chi connectivity index (χ4v) is 2.78. The minimum Gasteiger partial charge on any atom is -0.493 e. The number of amides is 1. The molecular weight excluding hydrogens is 362 g/mol. The van der Waals surface area contributed by atoms with Crippen LogP contribution < -0.4 is 14.8 Å². The van der Waals surface area contributed by atoms with Crippen molar-refractivity contribution >= 4 is 11.6 Å². The Hall–Kier alpha value is -3.27. The normalized spacial score (nSPS) is 11.7. The minimum absolute atomic E-state index is 0.210. The van der Waals surface area contributed by atoms with Gasteiger partial charge in [0.1, 0.15) is 11.5 Å². The first-order valence-electron chi connectivity index (χ1n) is 9.87. The second-order valence-electron chi connectivity index (χ2n) is 7.37. The van der Waals surface area contributed by atoms with E-state index >= 15 is 0 Å². The Kier molecular flexibility index (Phi) is 6.90. The standard InChI is InChI=1S/C25H27NO3/c1-18(2)17-28-24-11-7-10-22(16-24)26-25(27)19(3)29-23-14-12-21(13-15-23)20-8-5-4-6-9-20/h4-16,18-19H,17H2,1-3H3,(H,26,27). The molecule has 0 saturated heterocycles. The fourth-order valence-electron chi connectivity index (χ4n) is 2.78. The van der Waals surface area contributed by atoms with Gasteiger partial charge in [-0.1, -0.05) is 62.4 Å². The zero-order valence-electron chi connectivity index (χ0n) is 17.1. The third-order valence-corrected chi connectivity index (χ3v) is 4.33. The lowest BCUT2D eigenvalue weighted by Crippen LogP contribution is -2.30. The molecule has 29 heavy (non-hydrogen) atoms. The van der Waals surface area contributed by atoms with Crippen molar-refractivity contribution in [2.24, 2.45) is 5.92 Å². The van der Waals surface area contributed by atoms with Gasteiger partial charge in [0, 0.05) is 11.8 Å². The summed E-state index contributed by atoms with van der Waals surface area (Å²) < 4.78 is 11.5. The number of carbonyl (C=O) groups is 1. The Morgan fingerprint density at radius 2 is 1.52 bits per heavy atom. The zero-order chi connectivity index (χ0) is 20.6. The summed E-state index contributed by atoms with van der Waals surface area (Å²) in [6.45, 7) is 6.56. The molecule has 0 bridgehead atoms. The van der Waals surface area contributed by atoms with Gasteiger partial charge in [-0.05, 0) is 48.2 Å². The highest BCUT2D eigenvalue weighted by molar-refractivity contribution is 5.94. The molecule has 0 saturated carbocycles. The summed E-state index contributed by atoms with van der Waals surface area (Å²) in [6.07, 6.45) is -0.627. The second-order valence-corrected chi connectivity index (χ2v) is 7.37. The smallest absolute Gasteiger partial charge is 0.265 e. The molecule has 0 radical (unpaired) electrons. The Morgan fingerprint density at radius 1 is 0.828 bits per heavy atom. The van der Waals surface area contributed by atoms with Gasteiger partial charge in [0.2, 0.25) is 0 Å². The van der Waals surface area contributed by atoms with E-state index < -0.39 is 6.10 Å². The van der Waals surface area contributed by atoms with Crippen LogP contribution in [0.15, 0.2) is 78.9 Å². The molecule has 0 fully saturated rings. The molecule has 0 heterocycles. The van der Waals surface area contributed by atoms with E-state index in [1.807, 2.05) is 66.7 Å². The van der Waals surface area contributed by atoms with Crippen molar-refractivity contribution in [1.82, 2.24) is 0 Å². The molecule has 3 aromatic rings. The maximum atomic E-state index is 12.5. The molecule has 0 spiro atoms. The van der Waals surface area contributed by atoms with Gasteiger partial charge in [0.25, 0.3) is 5.91 Å². The molecule has 3 rings (SSSR count). The highest BCUT2D eigenvalue weighted by atomic mass is 16.5. The Balaban J connectivity index is 1.57. The first-order valence-corrected chi connectivity index (χ1v) is 9.87. The molecule has 4 nitrogen and oxygen atoms in total. The van der Waals surface area contributed by atoms with E-state index in [9.17, 15) is 4.79 Å². The van der Waals surface area contributed by atoms with Crippen LogP contribution in [0, 0.1) is 5.92 Å². The highest BCUT2D eigenvalue weighted by Gasteiger charge is 2.15. The van der Waals surface area contributed by atoms with Gasteiger partial charge in [0.15, 0.2) is 6.10 Å². The van der Waals surface area contributed by atoms with Crippen molar-refractivity contribution < 1.29 is 14.3 Å². The summed E-state index contributed by atoms with van der Waals surface area (Å²) in [7, 11) is 0. The molecule has 1 atom stereocenters. The van der Waals surface area contributed by atoms with Crippen LogP contribution in [0.3, 0.4) is 0 Å². The molecule has 4 heteroatoms. The first-order chi connectivity index (χ1) is 14.0. The highest BCUT2D eigenvalue weighted by Crippen LogP contribution is 2.23. The Labute approximate surface area is 172 Å². The lowest BCUT2D eigenvalue weighted by Gasteiger charge is -2.16. The number of benzene rings is 3. The molecule has 3 aromatic carbocycles. The van der Waals surface area contributed by atoms with Crippen molar-refractivity contribution in [1.29, 1.82) is 0 Å². The van der Waals surface area contributed by atoms with Crippen molar-refractivity contribution in [3.05, 3.63) is 78.9 Å². The van der Waals surface area contributed by atoms with E-state index in [1.54, 1.807) is 6.92 Å². The predicted octanol–water partition coefficient (Wildman–Crippen LogP) is 5.79. The van der Waals surface area contributed by atoms with Gasteiger partial charge >= 0.3 is 0 Å². The van der Waals surface area contributed by atoms with Crippen LogP contribution in [0.1, 0.15) is 20.8 Å². The summed E-state index contributed by atoms with van der Waals surface area (Å²) in [5, 5.41) is 2.88. The number of hydrogen-bond donors (Lipinski definition) is 1. The molecule has 1 amide bonds. The maximum absolute atomic E-state index is 12.5. The van der Waals surface area contributed by atoms with Crippen molar-refractivity contribution in [3.8, 4) is 22.6 Å². The van der Waals surface area contributed by atoms with E-state index in [0.29, 0.717) is 24.0 Å². The monoisotopic (exact) mass is 389 g/mol. The molecule has 0 aliphatic rings. The average molecular weight is 389 g/mol. The number of nitrogens with one attached hydrogen (secondary N) is 1. The lowest BCUT2D eigenvalue weighted by molar-refractivity contribution is -0.122. The van der Waals surface area contributed by atoms with Gasteiger partial charge < -0.3 is 14.8 Å². The van der Waals surface area contributed by atoms with E-state index in [0.717, 1.165) is 16.9 Å². The topological polar surface area (TPSA) is 47.6 Å². The summed E-state index contributed by atoms with van der Waals surface area (Å²) in [4.78, 5) is 12.5. The van der Waals surface area contributed by atoms with Gasteiger partial charge in [-0.25, -0.2) is 0 Å². The van der Waals surface area contributed by atoms with E-state index in [-0.39, 0.29) is 5.91 Å². The van der Waals surface area contributed by atoms with Crippen LogP contribution in [-0.2, 0) is 4.79 Å². The van der Waals surface area contributed by atoms with Crippen molar-refractivity contribution in [2.45, 2.75) is 26.9 Å². The molecule has 0 aliphatic carbocycles. The zero-order valence-corrected chi connectivity index (χ0v) is 17.1. The van der Waals surface area contributed by atoms with E-state index in [2.05, 4.69) is 31.3 Å². The third kappa shape index (κ3) is 6.11. The van der Waals surface area contributed by atoms with Crippen LogP contribution in [0.2, 0.25) is 0 Å². The largest absolute Gasteiger partial charge is 0.493 e. The van der Waals surface area contributed by atoms with Crippen LogP contribution in [-0.4, -0.2) is 18.6 Å². The maximum Gasteiger partial charge on any atom is 0.265 e. The summed E-state index contributed by atoms with van der Waals surface area (Å²) in [5.74, 6) is 1.62. The molecule has 0 aliphatic heterocycles. The fraction of sp³-hybridized carbons (Fsp3) is 0.240. The Bertz CT molecular complexity index is 920. The average Bonchev–Trinajstić information content (AvgIpc) is 2.73. The minimum atomic E-state index is -0.627. The van der Waals surface area contributed by atoms with E-state index in [4.69, 9.17) is 9.47 Å². The summed E-state index contributed by atoms with van der Waals surface area (Å²) in [5.41, 5.74) is 2.93. The SMILES string of the molecule is CC(C)COc1cccc(NC(=O)C(C)Oc2ccc(-c3ccccc3)cc2)c1. The number of rotatable bonds is 8.